The molecule has 0 aromatic heterocycles. The molecule has 2 rings (SSSR count). The Bertz CT molecular complexity index is 257. The normalized spacial score (nSPS) is 39.5. The van der Waals surface area contributed by atoms with Crippen molar-refractivity contribution in [2.45, 2.75) is 18.0 Å². The number of carbonyl (C=O) groups is 1. The molecule has 0 aromatic rings. The average molecular weight is 157 g/mol. The van der Waals surface area contributed by atoms with E-state index >= 15 is 0 Å². The number of carbonyl (C=O) groups excluding carboxylic acids is 1. The summed E-state index contributed by atoms with van der Waals surface area (Å²) in [5.74, 6) is -2.45. The van der Waals surface area contributed by atoms with Crippen molar-refractivity contribution in [3.05, 3.63) is 11.8 Å². The summed E-state index contributed by atoms with van der Waals surface area (Å²) >= 11 is 0. The third kappa shape index (κ3) is 0.726. The number of nitrogens with two attached hydrogens (primary N) is 1. The van der Waals surface area contributed by atoms with E-state index in [9.17, 15) is 4.79 Å². The van der Waals surface area contributed by atoms with Crippen LogP contribution in [0.2, 0.25) is 0 Å². The van der Waals surface area contributed by atoms with Crippen molar-refractivity contribution in [3.63, 3.8) is 0 Å². The zero-order chi connectivity index (χ0) is 8.22. The smallest absolute Gasteiger partial charge is 0.235 e. The molecule has 60 valence electrons. The van der Waals surface area contributed by atoms with E-state index in [4.69, 9.17) is 20.7 Å². The molecular weight excluding hydrogens is 150 g/mol. The first-order valence-electron chi connectivity index (χ1n) is 3.15. The van der Waals surface area contributed by atoms with Crippen molar-refractivity contribution in [2.75, 3.05) is 0 Å². The summed E-state index contributed by atoms with van der Waals surface area (Å²) in [5, 5.41) is 18.3. The van der Waals surface area contributed by atoms with Gasteiger partial charge in [-0.3, -0.25) is 4.79 Å². The maximum absolute atomic E-state index is 10.8. The van der Waals surface area contributed by atoms with Gasteiger partial charge in [-0.05, 0) is 0 Å². The van der Waals surface area contributed by atoms with E-state index in [1.807, 2.05) is 0 Å². The van der Waals surface area contributed by atoms with E-state index in [-0.39, 0.29) is 11.5 Å². The lowest BCUT2D eigenvalue weighted by atomic mass is 9.98. The van der Waals surface area contributed by atoms with Crippen LogP contribution in [0.15, 0.2) is 11.8 Å². The lowest BCUT2D eigenvalue weighted by molar-refractivity contribution is -0.147. The monoisotopic (exact) mass is 157 g/mol. The summed E-state index contributed by atoms with van der Waals surface area (Å²) in [6, 6.07) is 0. The van der Waals surface area contributed by atoms with Crippen LogP contribution in [0.4, 0.5) is 0 Å². The van der Waals surface area contributed by atoms with Crippen molar-refractivity contribution in [2.24, 2.45) is 5.73 Å². The predicted molar refractivity (Wildman–Crippen MR) is 33.1 cm³/mol. The predicted octanol–water partition coefficient (Wildman–Crippen LogP) is -2.14. The van der Waals surface area contributed by atoms with Gasteiger partial charge in [0.15, 0.2) is 18.0 Å². The van der Waals surface area contributed by atoms with Crippen molar-refractivity contribution >= 4 is 5.78 Å². The number of ketones is 1. The second-order valence-electron chi connectivity index (χ2n) is 2.71. The Balaban J connectivity index is 2.40. The summed E-state index contributed by atoms with van der Waals surface area (Å²) in [5.41, 5.74) is 4.93. The zero-order valence-corrected chi connectivity index (χ0v) is 5.52. The van der Waals surface area contributed by atoms with E-state index in [1.54, 1.807) is 0 Å². The summed E-state index contributed by atoms with van der Waals surface area (Å²) < 4.78 is 4.69. The van der Waals surface area contributed by atoms with Crippen LogP contribution in [0.25, 0.3) is 0 Å². The minimum Gasteiger partial charge on any atom is -0.397 e. The highest BCUT2D eigenvalue weighted by molar-refractivity contribution is 5.98. The van der Waals surface area contributed by atoms with Crippen molar-refractivity contribution in [1.29, 1.82) is 0 Å². The van der Waals surface area contributed by atoms with E-state index in [0.29, 0.717) is 0 Å². The molecule has 2 atom stereocenters. The number of ether oxygens (including phenoxy) is 1. The molecule has 1 aliphatic heterocycles. The van der Waals surface area contributed by atoms with Crippen LogP contribution in [0.1, 0.15) is 0 Å². The maximum atomic E-state index is 10.8. The number of epoxide rings is 1. The minimum atomic E-state index is -2.15. The second-order valence-corrected chi connectivity index (χ2v) is 2.71. The largest absolute Gasteiger partial charge is 0.397 e. The molecule has 0 amide bonds. The first-order valence-corrected chi connectivity index (χ1v) is 3.15. The Labute approximate surface area is 62.1 Å². The van der Waals surface area contributed by atoms with Gasteiger partial charge in [0.25, 0.3) is 0 Å². The first kappa shape index (κ1) is 6.78. The molecule has 1 aliphatic carbocycles. The fraction of sp³-hybridized carbons (Fsp3) is 0.500. The van der Waals surface area contributed by atoms with E-state index in [1.165, 1.54) is 0 Å². The summed E-state index contributed by atoms with van der Waals surface area (Å²) in [6.07, 6.45) is -0.564. The highest BCUT2D eigenvalue weighted by atomic mass is 16.6. The van der Waals surface area contributed by atoms with Gasteiger partial charge in [-0.25, -0.2) is 0 Å². The Morgan fingerprint density at radius 2 is 2.27 bits per heavy atom. The number of aliphatic hydroxyl groups is 2. The highest BCUT2D eigenvalue weighted by Gasteiger charge is 2.61. The van der Waals surface area contributed by atoms with Gasteiger partial charge in [0.1, 0.15) is 0 Å². The van der Waals surface area contributed by atoms with E-state index < -0.39 is 18.0 Å². The second kappa shape index (κ2) is 1.63. The first-order chi connectivity index (χ1) is 5.03. The van der Waals surface area contributed by atoms with Gasteiger partial charge < -0.3 is 20.7 Å². The SMILES string of the molecule is NC1=CC(=O)C2OC2C1(O)O. The molecule has 0 spiro atoms. The number of hydrogen-bond donors (Lipinski definition) is 3. The molecule has 0 saturated carbocycles. The van der Waals surface area contributed by atoms with Gasteiger partial charge in [-0.2, -0.15) is 0 Å². The van der Waals surface area contributed by atoms with E-state index in [2.05, 4.69) is 0 Å². The molecule has 5 heteroatoms. The molecule has 4 N–H and O–H groups in total. The Kier molecular flexibility index (Phi) is 1.01. The van der Waals surface area contributed by atoms with Crippen LogP contribution in [-0.2, 0) is 9.53 Å². The average Bonchev–Trinajstić information content (AvgIpc) is 2.62. The molecule has 0 aromatic carbocycles. The topological polar surface area (TPSA) is 96.1 Å². The van der Waals surface area contributed by atoms with Crippen LogP contribution in [0.5, 0.6) is 0 Å². The number of hydrogen-bond acceptors (Lipinski definition) is 5. The van der Waals surface area contributed by atoms with Crippen LogP contribution >= 0.6 is 0 Å². The quantitative estimate of drug-likeness (QED) is 0.275. The molecule has 2 aliphatic rings. The van der Waals surface area contributed by atoms with E-state index in [0.717, 1.165) is 6.08 Å². The van der Waals surface area contributed by atoms with Gasteiger partial charge in [0.2, 0.25) is 5.79 Å². The Morgan fingerprint density at radius 1 is 1.64 bits per heavy atom. The minimum absolute atomic E-state index is 0.249. The zero-order valence-electron chi connectivity index (χ0n) is 5.52. The van der Waals surface area contributed by atoms with Crippen LogP contribution in [0.3, 0.4) is 0 Å². The summed E-state index contributed by atoms with van der Waals surface area (Å²) in [7, 11) is 0. The molecule has 5 nitrogen and oxygen atoms in total. The third-order valence-corrected chi connectivity index (χ3v) is 1.89. The lowest BCUT2D eigenvalue weighted by Crippen LogP contribution is -2.45. The van der Waals surface area contributed by atoms with Gasteiger partial charge in [0.05, 0.1) is 5.70 Å². The Hall–Kier alpha value is -0.910. The van der Waals surface area contributed by atoms with Crippen LogP contribution in [0, 0.1) is 0 Å². The number of rotatable bonds is 0. The Morgan fingerprint density at radius 3 is 2.91 bits per heavy atom. The fourth-order valence-electron chi connectivity index (χ4n) is 1.14. The third-order valence-electron chi connectivity index (χ3n) is 1.89. The molecule has 11 heavy (non-hydrogen) atoms. The molecule has 1 heterocycles. The summed E-state index contributed by atoms with van der Waals surface area (Å²) in [4.78, 5) is 10.8. The van der Waals surface area contributed by atoms with Gasteiger partial charge in [-0.15, -0.1) is 0 Å². The fourth-order valence-corrected chi connectivity index (χ4v) is 1.14. The molecular formula is C6H7NO4. The summed E-state index contributed by atoms with van der Waals surface area (Å²) in [6.45, 7) is 0. The lowest BCUT2D eigenvalue weighted by Gasteiger charge is -2.21. The van der Waals surface area contributed by atoms with Crippen molar-refractivity contribution in [3.8, 4) is 0 Å². The number of fused-ring (bicyclic) bond motifs is 1. The molecule has 2 unspecified atom stereocenters. The van der Waals surface area contributed by atoms with Gasteiger partial charge >= 0.3 is 0 Å². The van der Waals surface area contributed by atoms with Crippen LogP contribution < -0.4 is 5.73 Å². The van der Waals surface area contributed by atoms with Gasteiger partial charge in [-0.1, -0.05) is 0 Å². The standard InChI is InChI=1S/C6H7NO4/c7-3-1-2(8)4-5(11-4)6(3,9)10/h1,4-5,9-10H,7H2. The highest BCUT2D eigenvalue weighted by Crippen LogP contribution is 2.38. The molecule has 0 radical (unpaired) electrons. The maximum Gasteiger partial charge on any atom is 0.235 e. The van der Waals surface area contributed by atoms with Gasteiger partial charge in [0, 0.05) is 6.08 Å². The molecule has 1 fully saturated rings. The van der Waals surface area contributed by atoms with Crippen molar-refractivity contribution in [1.82, 2.24) is 0 Å². The van der Waals surface area contributed by atoms with Crippen LogP contribution in [-0.4, -0.2) is 34.0 Å². The molecule has 1 saturated heterocycles. The molecule has 0 bridgehead atoms. The van der Waals surface area contributed by atoms with Crippen molar-refractivity contribution < 1.29 is 19.7 Å².